The molecule has 4 rings (SSSR count). The van der Waals surface area contributed by atoms with Crippen LogP contribution in [0, 0.1) is 5.41 Å². The van der Waals surface area contributed by atoms with Crippen LogP contribution in [0.1, 0.15) is 39.1 Å². The summed E-state index contributed by atoms with van der Waals surface area (Å²) in [5, 5.41) is 14.8. The van der Waals surface area contributed by atoms with E-state index in [1.165, 1.54) is 12.3 Å². The summed E-state index contributed by atoms with van der Waals surface area (Å²) in [6.07, 6.45) is 3.60. The summed E-state index contributed by atoms with van der Waals surface area (Å²) < 4.78 is 0. The second-order valence-electron chi connectivity index (χ2n) is 8.63. The Morgan fingerprint density at radius 3 is 2.19 bits per heavy atom. The van der Waals surface area contributed by atoms with Crippen LogP contribution in [0.15, 0.2) is 54.7 Å². The summed E-state index contributed by atoms with van der Waals surface area (Å²) in [4.78, 5) is 34.3. The predicted molar refractivity (Wildman–Crippen MR) is 145 cm³/mol. The molecule has 36 heavy (non-hydrogen) atoms. The summed E-state index contributed by atoms with van der Waals surface area (Å²) in [5.74, 6) is -0.107. The highest BCUT2D eigenvalue weighted by atomic mass is 35.5. The number of likely N-dealkylation sites (tertiary alicyclic amines) is 1. The lowest BCUT2D eigenvalue weighted by molar-refractivity contribution is 0.102. The summed E-state index contributed by atoms with van der Waals surface area (Å²) in [5.41, 5.74) is 2.22. The molecule has 186 valence electrons. The fourth-order valence-corrected chi connectivity index (χ4v) is 4.30. The van der Waals surface area contributed by atoms with E-state index in [0.717, 1.165) is 31.5 Å². The van der Waals surface area contributed by atoms with Crippen LogP contribution < -0.4 is 15.5 Å². The van der Waals surface area contributed by atoms with Crippen LogP contribution in [-0.2, 0) is 0 Å². The second kappa shape index (κ2) is 11.0. The van der Waals surface area contributed by atoms with Gasteiger partial charge in [0.15, 0.2) is 0 Å². The lowest BCUT2D eigenvalue weighted by Gasteiger charge is -2.21. The van der Waals surface area contributed by atoms with Gasteiger partial charge in [0, 0.05) is 49.5 Å². The van der Waals surface area contributed by atoms with Crippen LogP contribution >= 0.6 is 23.2 Å². The highest BCUT2D eigenvalue weighted by Crippen LogP contribution is 2.33. The van der Waals surface area contributed by atoms with Gasteiger partial charge in [-0.3, -0.25) is 15.0 Å². The van der Waals surface area contributed by atoms with Gasteiger partial charge >= 0.3 is 0 Å². The molecule has 2 amide bonds. The molecule has 2 heterocycles. The summed E-state index contributed by atoms with van der Waals surface area (Å²) in [6.45, 7) is 1.75. The molecule has 0 radical (unpaired) electrons. The Hall–Kier alpha value is -3.62. The van der Waals surface area contributed by atoms with E-state index in [1.54, 1.807) is 61.5 Å². The number of nitrogens with zero attached hydrogens (tertiary/aromatic N) is 3. The number of carbonyl (C=O) groups excluding carboxylic acids is 2. The lowest BCUT2D eigenvalue weighted by Crippen LogP contribution is -2.27. The number of carbonyl (C=O) groups is 2. The van der Waals surface area contributed by atoms with Crippen molar-refractivity contribution in [2.45, 2.75) is 12.8 Å². The van der Waals surface area contributed by atoms with E-state index in [9.17, 15) is 9.59 Å². The molecule has 0 aliphatic carbocycles. The Labute approximate surface area is 219 Å². The number of benzene rings is 2. The Morgan fingerprint density at radius 2 is 1.58 bits per heavy atom. The second-order valence-corrected chi connectivity index (χ2v) is 9.50. The van der Waals surface area contributed by atoms with E-state index in [1.807, 2.05) is 4.90 Å². The topological polar surface area (TPSA) is 101 Å². The molecule has 0 saturated carbocycles. The van der Waals surface area contributed by atoms with Gasteiger partial charge in [-0.2, -0.15) is 0 Å². The van der Waals surface area contributed by atoms with Crippen LogP contribution in [-0.4, -0.2) is 54.7 Å². The van der Waals surface area contributed by atoms with Gasteiger partial charge in [0.2, 0.25) is 0 Å². The van der Waals surface area contributed by atoms with E-state index in [0.29, 0.717) is 38.6 Å². The molecule has 1 aliphatic rings. The number of hydrogen-bond donors (Lipinski definition) is 3. The minimum atomic E-state index is -0.486. The normalized spacial score (nSPS) is 12.8. The summed E-state index contributed by atoms with van der Waals surface area (Å²) in [6, 6.07) is 13.3. The third-order valence-corrected chi connectivity index (χ3v) is 6.30. The van der Waals surface area contributed by atoms with Gasteiger partial charge < -0.3 is 20.4 Å². The number of amides is 2. The number of halogens is 2. The van der Waals surface area contributed by atoms with Crippen LogP contribution in [0.3, 0.4) is 0 Å². The van der Waals surface area contributed by atoms with Gasteiger partial charge in [0.25, 0.3) is 11.8 Å². The van der Waals surface area contributed by atoms with Gasteiger partial charge in [-0.05, 0) is 49.2 Å². The molecule has 2 aromatic carbocycles. The van der Waals surface area contributed by atoms with E-state index >= 15 is 0 Å². The van der Waals surface area contributed by atoms with Crippen molar-refractivity contribution >= 4 is 58.0 Å². The Kier molecular flexibility index (Phi) is 7.76. The monoisotopic (exact) mass is 524 g/mol. The largest absolute Gasteiger partial charge is 0.376 e. The van der Waals surface area contributed by atoms with Crippen LogP contribution in [0.25, 0.3) is 0 Å². The minimum absolute atomic E-state index is 0.184. The Balaban J connectivity index is 1.60. The highest BCUT2D eigenvalue weighted by Gasteiger charge is 2.22. The highest BCUT2D eigenvalue weighted by molar-refractivity contribution is 6.32. The van der Waals surface area contributed by atoms with Crippen LogP contribution in [0.2, 0.25) is 10.0 Å². The molecular weight excluding hydrogens is 499 g/mol. The van der Waals surface area contributed by atoms with Crippen molar-refractivity contribution < 1.29 is 9.59 Å². The molecule has 1 saturated heterocycles. The molecule has 1 aliphatic heterocycles. The third kappa shape index (κ3) is 5.78. The molecule has 3 N–H and O–H groups in total. The molecule has 0 unspecified atom stereocenters. The fourth-order valence-electron chi connectivity index (χ4n) is 3.98. The lowest BCUT2D eigenvalue weighted by atomic mass is 10.1. The SMILES string of the molecule is CN(C)c1cc(Cl)cc(C(=O)Nc2ccc(Cl)cn2)c1NC(=O)c1ccc(C(=N)N2CCCC2)cc1. The fraction of sp³-hybridized carbons (Fsp3) is 0.231. The first-order valence-corrected chi connectivity index (χ1v) is 12.2. The zero-order chi connectivity index (χ0) is 25.8. The standard InChI is InChI=1S/C26H26Cl2N6O2/c1-33(2)21-14-19(28)13-20(26(36)31-22-10-9-18(27)15-30-22)23(21)32-25(35)17-7-5-16(6-8-17)24(29)34-11-3-4-12-34/h5-10,13-15,29H,3-4,11-12H2,1-2H3,(H,32,35)(H,30,31,36). The number of aromatic nitrogens is 1. The molecule has 0 spiro atoms. The molecule has 0 atom stereocenters. The summed E-state index contributed by atoms with van der Waals surface area (Å²) in [7, 11) is 3.59. The van der Waals surface area contributed by atoms with Crippen molar-refractivity contribution in [1.82, 2.24) is 9.88 Å². The van der Waals surface area contributed by atoms with Crippen LogP contribution in [0.5, 0.6) is 0 Å². The molecule has 1 aromatic heterocycles. The van der Waals surface area contributed by atoms with Crippen molar-refractivity contribution in [3.8, 4) is 0 Å². The first-order chi connectivity index (χ1) is 17.2. The zero-order valence-corrected chi connectivity index (χ0v) is 21.5. The maximum atomic E-state index is 13.2. The van der Waals surface area contributed by atoms with E-state index in [2.05, 4.69) is 15.6 Å². The van der Waals surface area contributed by atoms with E-state index in [4.69, 9.17) is 28.6 Å². The molecule has 10 heteroatoms. The van der Waals surface area contributed by atoms with E-state index < -0.39 is 11.8 Å². The van der Waals surface area contributed by atoms with Crippen molar-refractivity contribution in [2.24, 2.45) is 0 Å². The van der Waals surface area contributed by atoms with Gasteiger partial charge in [0.05, 0.1) is 22.0 Å². The molecule has 3 aromatic rings. The van der Waals surface area contributed by atoms with Crippen molar-refractivity contribution in [1.29, 1.82) is 5.41 Å². The molecular formula is C26H26Cl2N6O2. The number of hydrogen-bond acceptors (Lipinski definition) is 5. The number of rotatable bonds is 6. The minimum Gasteiger partial charge on any atom is -0.376 e. The molecule has 8 nitrogen and oxygen atoms in total. The Bertz CT molecular complexity index is 1290. The third-order valence-electron chi connectivity index (χ3n) is 5.86. The summed E-state index contributed by atoms with van der Waals surface area (Å²) >= 11 is 12.2. The number of amidine groups is 1. The first kappa shape index (κ1) is 25.5. The first-order valence-electron chi connectivity index (χ1n) is 11.4. The molecule has 0 bridgehead atoms. The van der Waals surface area contributed by atoms with E-state index in [-0.39, 0.29) is 5.56 Å². The Morgan fingerprint density at radius 1 is 0.917 bits per heavy atom. The van der Waals surface area contributed by atoms with Crippen LogP contribution in [0.4, 0.5) is 17.2 Å². The molecule has 1 fully saturated rings. The maximum Gasteiger partial charge on any atom is 0.259 e. The van der Waals surface area contributed by atoms with Gasteiger partial charge in [-0.25, -0.2) is 4.98 Å². The van der Waals surface area contributed by atoms with Crippen molar-refractivity contribution in [2.75, 3.05) is 42.7 Å². The maximum absolute atomic E-state index is 13.2. The smallest absolute Gasteiger partial charge is 0.259 e. The zero-order valence-electron chi connectivity index (χ0n) is 19.9. The average Bonchev–Trinajstić information content (AvgIpc) is 3.40. The van der Waals surface area contributed by atoms with Gasteiger partial charge in [0.1, 0.15) is 11.7 Å². The predicted octanol–water partition coefficient (Wildman–Crippen LogP) is 5.38. The number of pyridine rings is 1. The average molecular weight is 525 g/mol. The van der Waals surface area contributed by atoms with Gasteiger partial charge in [-0.15, -0.1) is 0 Å². The number of nitrogens with one attached hydrogen (secondary N) is 3. The number of anilines is 3. The van der Waals surface area contributed by atoms with Crippen molar-refractivity contribution in [3.63, 3.8) is 0 Å². The van der Waals surface area contributed by atoms with Crippen molar-refractivity contribution in [3.05, 3.63) is 81.5 Å². The van der Waals surface area contributed by atoms with Gasteiger partial charge in [-0.1, -0.05) is 35.3 Å². The quantitative estimate of drug-likeness (QED) is 0.296.